The summed E-state index contributed by atoms with van der Waals surface area (Å²) in [5, 5.41) is -0.222. The van der Waals surface area contributed by atoms with Crippen LogP contribution in [0.15, 0.2) is 22.0 Å². The smallest absolute Gasteiger partial charge is 0.266 e. The van der Waals surface area contributed by atoms with Crippen molar-refractivity contribution in [3.63, 3.8) is 0 Å². The number of hydrogen-bond acceptors (Lipinski definition) is 4. The van der Waals surface area contributed by atoms with Gasteiger partial charge in [0.25, 0.3) is 5.56 Å². The molecule has 2 rings (SSSR count). The van der Waals surface area contributed by atoms with Crippen LogP contribution in [0.5, 0.6) is 0 Å². The third-order valence-corrected chi connectivity index (χ3v) is 4.93. The van der Waals surface area contributed by atoms with Crippen molar-refractivity contribution in [3.05, 3.63) is 27.6 Å². The van der Waals surface area contributed by atoms with Crippen LogP contribution in [0.1, 0.15) is 19.3 Å². The summed E-state index contributed by atoms with van der Waals surface area (Å²) in [4.78, 5) is 26.7. The Morgan fingerprint density at radius 2 is 2.00 bits per heavy atom. The highest BCUT2D eigenvalue weighted by Crippen LogP contribution is 2.11. The highest BCUT2D eigenvalue weighted by molar-refractivity contribution is 7.89. The Morgan fingerprint density at radius 1 is 1.33 bits per heavy atom. The number of carbonyl (C=O) groups excluding carboxylic acids is 1. The molecule has 0 spiro atoms. The number of pyridine rings is 1. The number of carbonyl (C=O) groups is 1. The van der Waals surface area contributed by atoms with Crippen molar-refractivity contribution < 1.29 is 13.2 Å². The van der Waals surface area contributed by atoms with Crippen molar-refractivity contribution in [3.8, 4) is 0 Å². The highest BCUT2D eigenvalue weighted by Gasteiger charge is 2.20. The molecule has 1 aliphatic rings. The van der Waals surface area contributed by atoms with E-state index in [2.05, 4.69) is 9.71 Å². The molecule has 1 aliphatic heterocycles. The van der Waals surface area contributed by atoms with Crippen LogP contribution in [0.4, 0.5) is 0 Å². The Balaban J connectivity index is 2.02. The van der Waals surface area contributed by atoms with E-state index < -0.39 is 15.6 Å². The summed E-state index contributed by atoms with van der Waals surface area (Å²) in [6.45, 7) is 1.01. The zero-order valence-corrected chi connectivity index (χ0v) is 12.8. The number of likely N-dealkylation sites (tertiary alicyclic amines) is 1. The van der Waals surface area contributed by atoms with Gasteiger partial charge in [0.2, 0.25) is 15.9 Å². The number of nitrogens with one attached hydrogen (secondary N) is 2. The fraction of sp³-hybridized carbons (Fsp3) is 0.500. The number of piperidine rings is 1. The van der Waals surface area contributed by atoms with Crippen molar-refractivity contribution in [2.75, 3.05) is 19.6 Å². The van der Waals surface area contributed by atoms with E-state index >= 15 is 0 Å². The molecule has 0 atom stereocenters. The number of H-pyrrole nitrogens is 1. The first-order chi connectivity index (χ1) is 9.90. The molecule has 1 aromatic heterocycles. The third-order valence-electron chi connectivity index (χ3n) is 3.26. The van der Waals surface area contributed by atoms with E-state index in [1.807, 2.05) is 0 Å². The Bertz CT molecular complexity index is 680. The Labute approximate surface area is 127 Å². The van der Waals surface area contributed by atoms with Crippen LogP contribution in [0.2, 0.25) is 5.02 Å². The zero-order chi connectivity index (χ0) is 15.5. The second-order valence-electron chi connectivity index (χ2n) is 4.78. The molecule has 0 unspecified atom stereocenters. The van der Waals surface area contributed by atoms with E-state index in [0.717, 1.165) is 31.5 Å². The molecular formula is C12H16ClN3O4S. The lowest BCUT2D eigenvalue weighted by Gasteiger charge is -2.26. The van der Waals surface area contributed by atoms with E-state index in [4.69, 9.17) is 11.6 Å². The molecule has 2 N–H and O–H groups in total. The van der Waals surface area contributed by atoms with Gasteiger partial charge in [-0.15, -0.1) is 0 Å². The Hall–Kier alpha value is -1.38. The number of nitrogens with zero attached hydrogens (tertiary/aromatic N) is 1. The lowest BCUT2D eigenvalue weighted by molar-refractivity contribution is -0.130. The molecule has 0 saturated carbocycles. The highest BCUT2D eigenvalue weighted by atomic mass is 35.5. The summed E-state index contributed by atoms with van der Waals surface area (Å²) >= 11 is 5.59. The van der Waals surface area contributed by atoms with Crippen LogP contribution >= 0.6 is 11.6 Å². The van der Waals surface area contributed by atoms with E-state index in [9.17, 15) is 18.0 Å². The van der Waals surface area contributed by atoms with Gasteiger partial charge in [-0.25, -0.2) is 13.1 Å². The minimum Gasteiger partial charge on any atom is -0.342 e. The average molecular weight is 334 g/mol. The van der Waals surface area contributed by atoms with Gasteiger partial charge >= 0.3 is 0 Å². The second kappa shape index (κ2) is 6.59. The number of amides is 1. The number of rotatable bonds is 4. The van der Waals surface area contributed by atoms with Crippen LogP contribution in [0.3, 0.4) is 0 Å². The van der Waals surface area contributed by atoms with Crippen LogP contribution in [0, 0.1) is 0 Å². The second-order valence-corrected chi connectivity index (χ2v) is 6.95. The van der Waals surface area contributed by atoms with Gasteiger partial charge < -0.3 is 9.88 Å². The molecule has 0 bridgehead atoms. The molecule has 1 amide bonds. The summed E-state index contributed by atoms with van der Waals surface area (Å²) in [6.07, 6.45) is 4.01. The predicted molar refractivity (Wildman–Crippen MR) is 77.7 cm³/mol. The largest absolute Gasteiger partial charge is 0.342 e. The van der Waals surface area contributed by atoms with Crippen LogP contribution in [-0.4, -0.2) is 43.8 Å². The number of hydrogen-bond donors (Lipinski definition) is 2. The van der Waals surface area contributed by atoms with E-state index in [1.165, 1.54) is 0 Å². The van der Waals surface area contributed by atoms with Gasteiger partial charge in [0.05, 0.1) is 11.4 Å². The van der Waals surface area contributed by atoms with Gasteiger partial charge in [0, 0.05) is 19.3 Å². The number of aromatic amines is 1. The van der Waals surface area contributed by atoms with Crippen molar-refractivity contribution >= 4 is 27.5 Å². The van der Waals surface area contributed by atoms with Gasteiger partial charge in [-0.3, -0.25) is 9.59 Å². The van der Waals surface area contributed by atoms with E-state index in [1.54, 1.807) is 4.90 Å². The summed E-state index contributed by atoms with van der Waals surface area (Å²) in [6, 6.07) is 1.05. The average Bonchev–Trinajstić information content (AvgIpc) is 2.48. The molecule has 21 heavy (non-hydrogen) atoms. The lowest BCUT2D eigenvalue weighted by Crippen LogP contribution is -2.42. The summed E-state index contributed by atoms with van der Waals surface area (Å²) in [7, 11) is -3.89. The summed E-state index contributed by atoms with van der Waals surface area (Å²) < 4.78 is 26.3. The molecular weight excluding hydrogens is 318 g/mol. The molecule has 116 valence electrons. The molecule has 0 aliphatic carbocycles. The van der Waals surface area contributed by atoms with Gasteiger partial charge in [-0.05, 0) is 25.3 Å². The first-order valence-electron chi connectivity index (χ1n) is 6.56. The van der Waals surface area contributed by atoms with Crippen molar-refractivity contribution in [1.29, 1.82) is 0 Å². The predicted octanol–water partition coefficient (Wildman–Crippen LogP) is 0.319. The van der Waals surface area contributed by atoms with E-state index in [0.29, 0.717) is 13.1 Å². The molecule has 7 nitrogen and oxygen atoms in total. The molecule has 2 heterocycles. The lowest BCUT2D eigenvalue weighted by atomic mass is 10.1. The number of halogens is 1. The first-order valence-corrected chi connectivity index (χ1v) is 8.42. The summed E-state index contributed by atoms with van der Waals surface area (Å²) in [5.41, 5.74) is -0.569. The Kier molecular flexibility index (Phi) is 5.02. The van der Waals surface area contributed by atoms with Gasteiger partial charge in [-0.2, -0.15) is 0 Å². The van der Waals surface area contributed by atoms with E-state index in [-0.39, 0.29) is 22.4 Å². The standard InChI is InChI=1S/C12H16ClN3O4S/c13-10-6-9(7-14-12(10)18)21(19,20)15-8-11(17)16-4-2-1-3-5-16/h6-7,15H,1-5,8H2,(H,14,18). The monoisotopic (exact) mass is 333 g/mol. The zero-order valence-electron chi connectivity index (χ0n) is 11.3. The van der Waals surface area contributed by atoms with Crippen LogP contribution in [0.25, 0.3) is 0 Å². The maximum Gasteiger partial charge on any atom is 0.266 e. The van der Waals surface area contributed by atoms with Crippen LogP contribution in [-0.2, 0) is 14.8 Å². The third kappa shape index (κ3) is 4.05. The van der Waals surface area contributed by atoms with Gasteiger partial charge in [-0.1, -0.05) is 11.6 Å². The number of aromatic nitrogens is 1. The molecule has 0 aromatic carbocycles. The fourth-order valence-corrected chi connectivity index (χ4v) is 3.29. The topological polar surface area (TPSA) is 99.3 Å². The van der Waals surface area contributed by atoms with Gasteiger partial charge in [0.1, 0.15) is 5.02 Å². The number of sulfonamides is 1. The minimum absolute atomic E-state index is 0.182. The maximum absolute atomic E-state index is 12.0. The maximum atomic E-state index is 12.0. The van der Waals surface area contributed by atoms with Crippen molar-refractivity contribution in [2.24, 2.45) is 0 Å². The molecule has 1 fully saturated rings. The SMILES string of the molecule is O=C(CNS(=O)(=O)c1c[nH]c(=O)c(Cl)c1)N1CCCCC1. The summed E-state index contributed by atoms with van der Waals surface area (Å²) in [5.74, 6) is -0.256. The molecule has 0 radical (unpaired) electrons. The first kappa shape index (κ1) is 16.0. The minimum atomic E-state index is -3.89. The fourth-order valence-electron chi connectivity index (χ4n) is 2.09. The van der Waals surface area contributed by atoms with Crippen molar-refractivity contribution in [2.45, 2.75) is 24.2 Å². The van der Waals surface area contributed by atoms with Crippen molar-refractivity contribution in [1.82, 2.24) is 14.6 Å². The molecule has 1 aromatic rings. The Morgan fingerprint density at radius 3 is 2.62 bits per heavy atom. The van der Waals surface area contributed by atoms with Crippen LogP contribution < -0.4 is 10.3 Å². The normalized spacial score (nSPS) is 16.0. The molecule has 9 heteroatoms. The quantitative estimate of drug-likeness (QED) is 0.828. The van der Waals surface area contributed by atoms with Gasteiger partial charge in [0.15, 0.2) is 0 Å². The molecule has 1 saturated heterocycles.